The summed E-state index contributed by atoms with van der Waals surface area (Å²) >= 11 is 1.35. The van der Waals surface area contributed by atoms with Crippen LogP contribution in [-0.2, 0) is 13.7 Å². The van der Waals surface area contributed by atoms with Crippen molar-refractivity contribution in [1.29, 1.82) is 0 Å². The summed E-state index contributed by atoms with van der Waals surface area (Å²) in [4.78, 5) is 25.3. The summed E-state index contributed by atoms with van der Waals surface area (Å²) in [6.07, 6.45) is 3.56. The molecule has 1 amide bonds. The summed E-state index contributed by atoms with van der Waals surface area (Å²) in [5.74, 6) is -0.911. The number of aromatic nitrogens is 4. The minimum absolute atomic E-state index is 0.0489. The molecule has 0 saturated heterocycles. The first-order valence-electron chi connectivity index (χ1n) is 7.98. The van der Waals surface area contributed by atoms with Gasteiger partial charge in [-0.05, 0) is 24.3 Å². The fourth-order valence-electron chi connectivity index (χ4n) is 2.61. The highest BCUT2D eigenvalue weighted by Crippen LogP contribution is 2.26. The number of rotatable bonds is 5. The Morgan fingerprint density at radius 2 is 2.15 bits per heavy atom. The van der Waals surface area contributed by atoms with Crippen LogP contribution in [0.15, 0.2) is 42.7 Å². The zero-order valence-corrected chi connectivity index (χ0v) is 15.0. The number of imidazole rings is 1. The highest BCUT2D eigenvalue weighted by Gasteiger charge is 2.15. The Balaban J connectivity index is 1.58. The predicted molar refractivity (Wildman–Crippen MR) is 98.9 cm³/mol. The lowest BCUT2D eigenvalue weighted by atomic mass is 10.2. The molecule has 0 saturated carbocycles. The normalized spacial score (nSPS) is 11.0. The number of carbonyl (C=O) groups is 1. The van der Waals surface area contributed by atoms with Gasteiger partial charge in [-0.3, -0.25) is 4.79 Å². The van der Waals surface area contributed by atoms with E-state index in [0.29, 0.717) is 5.01 Å². The van der Waals surface area contributed by atoms with Crippen molar-refractivity contribution >= 4 is 27.6 Å². The van der Waals surface area contributed by atoms with Crippen LogP contribution >= 0.6 is 11.3 Å². The number of amides is 1. The number of nitrogens with zero attached hydrogens (tertiary/aromatic N) is 4. The number of fused-ring (bicyclic) bond motifs is 1. The van der Waals surface area contributed by atoms with Crippen molar-refractivity contribution in [2.45, 2.75) is 6.61 Å². The average molecular weight is 383 g/mol. The minimum Gasteiger partial charge on any atom is -0.483 e. The lowest BCUT2D eigenvalue weighted by Crippen LogP contribution is -2.13. The molecule has 0 unspecified atom stereocenters. The Hall–Kier alpha value is -3.33. The zero-order valence-electron chi connectivity index (χ0n) is 14.2. The van der Waals surface area contributed by atoms with Crippen molar-refractivity contribution in [3.63, 3.8) is 0 Å². The first-order valence-corrected chi connectivity index (χ1v) is 8.80. The smallest absolute Gasteiger partial charge is 0.251 e. The van der Waals surface area contributed by atoms with E-state index in [-0.39, 0.29) is 17.9 Å². The standard InChI is InChI=1S/C18H14FN5O2S/c1-24-8-7-21-17(24)11-5-6-12-18(23-11)27-14(22-12)9-26-13-4-2-3-10(15(13)19)16(20)25/h2-8H,9H2,1H3,(H2,20,25). The second-order valence-electron chi connectivity index (χ2n) is 5.76. The summed E-state index contributed by atoms with van der Waals surface area (Å²) in [6.45, 7) is 0.0535. The Labute approximate surface area is 157 Å². The maximum Gasteiger partial charge on any atom is 0.251 e. The molecule has 9 heteroatoms. The summed E-state index contributed by atoms with van der Waals surface area (Å²) in [5.41, 5.74) is 6.40. The van der Waals surface area contributed by atoms with Crippen LogP contribution in [0.5, 0.6) is 5.75 Å². The van der Waals surface area contributed by atoms with Crippen LogP contribution < -0.4 is 10.5 Å². The van der Waals surface area contributed by atoms with E-state index < -0.39 is 11.7 Å². The van der Waals surface area contributed by atoms with Crippen LogP contribution in [0.25, 0.3) is 21.9 Å². The van der Waals surface area contributed by atoms with Gasteiger partial charge in [0.05, 0.1) is 5.56 Å². The number of benzene rings is 1. The molecule has 0 atom stereocenters. The van der Waals surface area contributed by atoms with Crippen LogP contribution in [0, 0.1) is 5.82 Å². The number of pyridine rings is 1. The van der Waals surface area contributed by atoms with Crippen LogP contribution in [0.3, 0.4) is 0 Å². The van der Waals surface area contributed by atoms with Crippen LogP contribution in [0.1, 0.15) is 15.4 Å². The van der Waals surface area contributed by atoms with Gasteiger partial charge in [0.15, 0.2) is 17.4 Å². The summed E-state index contributed by atoms with van der Waals surface area (Å²) < 4.78 is 21.6. The maximum atomic E-state index is 14.2. The van der Waals surface area contributed by atoms with Crippen molar-refractivity contribution in [1.82, 2.24) is 19.5 Å². The van der Waals surface area contributed by atoms with E-state index in [1.807, 2.05) is 29.9 Å². The second-order valence-corrected chi connectivity index (χ2v) is 6.82. The van der Waals surface area contributed by atoms with Gasteiger partial charge < -0.3 is 15.0 Å². The molecule has 136 valence electrons. The molecule has 7 nitrogen and oxygen atoms in total. The fraction of sp³-hybridized carbons (Fsp3) is 0.111. The summed E-state index contributed by atoms with van der Waals surface area (Å²) in [7, 11) is 1.90. The largest absolute Gasteiger partial charge is 0.483 e. The van der Waals surface area contributed by atoms with Crippen LogP contribution in [0.4, 0.5) is 4.39 Å². The van der Waals surface area contributed by atoms with Crippen molar-refractivity contribution in [2.24, 2.45) is 12.8 Å². The predicted octanol–water partition coefficient (Wildman–Crippen LogP) is 2.91. The number of hydrogen-bond donors (Lipinski definition) is 1. The number of carbonyl (C=O) groups excluding carboxylic acids is 1. The van der Waals surface area contributed by atoms with Crippen molar-refractivity contribution < 1.29 is 13.9 Å². The molecular weight excluding hydrogens is 369 g/mol. The van der Waals surface area contributed by atoms with Gasteiger partial charge in [0.1, 0.15) is 27.7 Å². The topological polar surface area (TPSA) is 95.9 Å². The molecule has 4 aromatic rings. The minimum atomic E-state index is -0.844. The highest BCUT2D eigenvalue weighted by molar-refractivity contribution is 7.18. The third kappa shape index (κ3) is 3.24. The molecule has 0 fully saturated rings. The van der Waals surface area contributed by atoms with E-state index in [1.54, 1.807) is 6.20 Å². The number of halogens is 1. The van der Waals surface area contributed by atoms with Gasteiger partial charge >= 0.3 is 0 Å². The van der Waals surface area contributed by atoms with Crippen LogP contribution in [-0.4, -0.2) is 25.4 Å². The molecule has 0 aliphatic rings. The molecule has 4 rings (SSSR count). The van der Waals surface area contributed by atoms with E-state index in [0.717, 1.165) is 21.9 Å². The molecule has 0 bridgehead atoms. The lowest BCUT2D eigenvalue weighted by molar-refractivity contribution is 0.0995. The molecule has 1 aromatic carbocycles. The fourth-order valence-corrected chi connectivity index (χ4v) is 3.46. The quantitative estimate of drug-likeness (QED) is 0.572. The van der Waals surface area contributed by atoms with Gasteiger partial charge in [0.2, 0.25) is 0 Å². The van der Waals surface area contributed by atoms with E-state index in [2.05, 4.69) is 15.0 Å². The van der Waals surface area contributed by atoms with Gasteiger partial charge in [0.25, 0.3) is 5.91 Å². The first-order chi connectivity index (χ1) is 13.0. The number of ether oxygens (including phenoxy) is 1. The second kappa shape index (κ2) is 6.76. The lowest BCUT2D eigenvalue weighted by Gasteiger charge is -2.07. The molecule has 3 heterocycles. The Bertz CT molecular complexity index is 1150. The number of aryl methyl sites for hydroxylation is 1. The zero-order chi connectivity index (χ0) is 19.0. The van der Waals surface area contributed by atoms with E-state index in [1.165, 1.54) is 29.5 Å². The van der Waals surface area contributed by atoms with Gasteiger partial charge in [-0.1, -0.05) is 17.4 Å². The Morgan fingerprint density at radius 3 is 2.89 bits per heavy atom. The number of primary amides is 1. The number of hydrogen-bond acceptors (Lipinski definition) is 6. The van der Waals surface area contributed by atoms with Crippen molar-refractivity contribution in [3.05, 3.63) is 59.1 Å². The monoisotopic (exact) mass is 383 g/mol. The molecular formula is C18H14FN5O2S. The Morgan fingerprint density at radius 1 is 1.30 bits per heavy atom. The van der Waals surface area contributed by atoms with Gasteiger partial charge in [-0.15, -0.1) is 0 Å². The maximum absolute atomic E-state index is 14.2. The molecule has 3 aromatic heterocycles. The van der Waals surface area contributed by atoms with Gasteiger partial charge in [-0.25, -0.2) is 19.3 Å². The highest BCUT2D eigenvalue weighted by atomic mass is 32.1. The molecule has 2 N–H and O–H groups in total. The van der Waals surface area contributed by atoms with E-state index in [9.17, 15) is 9.18 Å². The third-order valence-electron chi connectivity index (χ3n) is 3.93. The third-order valence-corrected chi connectivity index (χ3v) is 4.87. The first kappa shape index (κ1) is 17.1. The molecule has 0 spiro atoms. The molecule has 0 aliphatic carbocycles. The van der Waals surface area contributed by atoms with Crippen molar-refractivity contribution in [3.8, 4) is 17.3 Å². The molecule has 0 radical (unpaired) electrons. The molecule has 0 aliphatic heterocycles. The summed E-state index contributed by atoms with van der Waals surface area (Å²) in [6, 6.07) is 7.97. The molecule has 27 heavy (non-hydrogen) atoms. The number of thiazole rings is 1. The van der Waals surface area contributed by atoms with Gasteiger partial charge in [-0.2, -0.15) is 0 Å². The van der Waals surface area contributed by atoms with Crippen LogP contribution in [0.2, 0.25) is 0 Å². The summed E-state index contributed by atoms with van der Waals surface area (Å²) in [5, 5.41) is 0.637. The van der Waals surface area contributed by atoms with E-state index in [4.69, 9.17) is 10.5 Å². The van der Waals surface area contributed by atoms with Gasteiger partial charge in [0, 0.05) is 19.4 Å². The Kier molecular flexibility index (Phi) is 4.28. The van der Waals surface area contributed by atoms with E-state index >= 15 is 0 Å². The van der Waals surface area contributed by atoms with Crippen molar-refractivity contribution in [2.75, 3.05) is 0 Å². The average Bonchev–Trinajstić information content (AvgIpc) is 3.25. The SMILES string of the molecule is Cn1ccnc1-c1ccc2nc(COc3cccc(C(N)=O)c3F)sc2n1. The number of nitrogens with two attached hydrogens (primary N) is 1.